The number of benzene rings is 1. The molecule has 19 heavy (non-hydrogen) atoms. The van der Waals surface area contributed by atoms with Crippen molar-refractivity contribution < 1.29 is 17.9 Å². The number of methoxy groups -OCH3 is 1. The maximum absolute atomic E-state index is 12.6. The molecule has 0 heterocycles. The summed E-state index contributed by atoms with van der Waals surface area (Å²) in [6, 6.07) is 5.05. The molecule has 1 N–H and O–H groups in total. The molecule has 104 valence electrons. The molecule has 0 amide bonds. The molecule has 0 bridgehead atoms. The van der Waals surface area contributed by atoms with Crippen molar-refractivity contribution in [2.45, 2.75) is 19.0 Å². The fourth-order valence-electron chi connectivity index (χ4n) is 1.60. The summed E-state index contributed by atoms with van der Waals surface area (Å²) in [6.45, 7) is 1.28. The zero-order valence-corrected chi connectivity index (χ0v) is 10.5. The van der Waals surface area contributed by atoms with E-state index in [4.69, 9.17) is 10.00 Å². The van der Waals surface area contributed by atoms with Gasteiger partial charge in [0.1, 0.15) is 0 Å². The Balaban J connectivity index is 2.65. The van der Waals surface area contributed by atoms with Gasteiger partial charge in [0.2, 0.25) is 0 Å². The second-order valence-corrected chi connectivity index (χ2v) is 4.00. The Hall–Kier alpha value is -1.74. The smallest absolute Gasteiger partial charge is 0.385 e. The van der Waals surface area contributed by atoms with Gasteiger partial charge in [0, 0.05) is 25.9 Å². The molecule has 0 aliphatic heterocycles. The van der Waals surface area contributed by atoms with Gasteiger partial charge in [0.15, 0.2) is 0 Å². The Bertz CT molecular complexity index is 452. The molecule has 0 saturated carbocycles. The summed E-state index contributed by atoms with van der Waals surface area (Å²) in [5.74, 6) is 0. The van der Waals surface area contributed by atoms with Crippen molar-refractivity contribution in [2.75, 3.05) is 25.6 Å². The number of hydrogen-bond donors (Lipinski definition) is 1. The molecule has 0 unspecified atom stereocenters. The van der Waals surface area contributed by atoms with Gasteiger partial charge in [-0.15, -0.1) is 0 Å². The molecule has 0 spiro atoms. The van der Waals surface area contributed by atoms with Crippen LogP contribution in [0.1, 0.15) is 24.0 Å². The van der Waals surface area contributed by atoms with E-state index in [1.54, 1.807) is 13.2 Å². The number of halogens is 3. The Morgan fingerprint density at radius 3 is 2.63 bits per heavy atom. The lowest BCUT2D eigenvalue weighted by atomic mass is 10.1. The maximum Gasteiger partial charge on any atom is 0.417 e. The highest BCUT2D eigenvalue weighted by Gasteiger charge is 2.33. The first-order valence-electron chi connectivity index (χ1n) is 5.83. The molecule has 0 radical (unpaired) electrons. The van der Waals surface area contributed by atoms with Gasteiger partial charge in [-0.1, -0.05) is 0 Å². The number of hydrogen-bond acceptors (Lipinski definition) is 3. The van der Waals surface area contributed by atoms with Crippen molar-refractivity contribution in [3.05, 3.63) is 29.3 Å². The van der Waals surface area contributed by atoms with Crippen LogP contribution in [0.25, 0.3) is 0 Å². The van der Waals surface area contributed by atoms with Crippen LogP contribution in [0.3, 0.4) is 0 Å². The van der Waals surface area contributed by atoms with Crippen LogP contribution in [0.15, 0.2) is 18.2 Å². The lowest BCUT2D eigenvalue weighted by Crippen LogP contribution is -2.09. The number of nitrogens with zero attached hydrogens (tertiary/aromatic N) is 1. The van der Waals surface area contributed by atoms with E-state index in [-0.39, 0.29) is 5.56 Å². The molecule has 0 fully saturated rings. The first-order valence-corrected chi connectivity index (χ1v) is 5.83. The van der Waals surface area contributed by atoms with Crippen molar-refractivity contribution in [3.8, 4) is 6.07 Å². The molecule has 0 atom stereocenters. The largest absolute Gasteiger partial charge is 0.417 e. The highest BCUT2D eigenvalue weighted by molar-refractivity contribution is 5.53. The van der Waals surface area contributed by atoms with Gasteiger partial charge < -0.3 is 10.1 Å². The van der Waals surface area contributed by atoms with Crippen LogP contribution in [-0.2, 0) is 10.9 Å². The van der Waals surface area contributed by atoms with Gasteiger partial charge in [-0.3, -0.25) is 0 Å². The van der Waals surface area contributed by atoms with Gasteiger partial charge in [-0.25, -0.2) is 0 Å². The molecule has 1 aromatic carbocycles. The topological polar surface area (TPSA) is 45.0 Å². The Kier molecular flexibility index (Phi) is 5.64. The van der Waals surface area contributed by atoms with Crippen LogP contribution in [0, 0.1) is 11.3 Å². The highest BCUT2D eigenvalue weighted by Crippen LogP contribution is 2.32. The zero-order chi connectivity index (χ0) is 14.3. The molecular formula is C13H15F3N2O. The molecule has 0 saturated heterocycles. The van der Waals surface area contributed by atoms with Crippen LogP contribution in [0.2, 0.25) is 0 Å². The molecule has 6 heteroatoms. The summed E-state index contributed by atoms with van der Waals surface area (Å²) in [5.41, 5.74) is -0.753. The van der Waals surface area contributed by atoms with Crippen molar-refractivity contribution in [2.24, 2.45) is 0 Å². The van der Waals surface area contributed by atoms with E-state index < -0.39 is 11.7 Å². The van der Waals surface area contributed by atoms with E-state index in [0.29, 0.717) is 18.8 Å². The predicted octanol–water partition coefficient (Wildman–Crippen LogP) is 3.42. The number of rotatable bonds is 6. The van der Waals surface area contributed by atoms with E-state index in [1.807, 2.05) is 0 Å². The minimum atomic E-state index is -4.50. The third-order valence-electron chi connectivity index (χ3n) is 2.55. The standard InChI is InChI=1S/C13H15F3N2O/c1-19-7-3-2-6-18-11-4-5-12(13(14,15)16)10(8-11)9-17/h4-5,8,18H,2-3,6-7H2,1H3. The summed E-state index contributed by atoms with van der Waals surface area (Å²) in [4.78, 5) is 0. The van der Waals surface area contributed by atoms with Crippen LogP contribution in [-0.4, -0.2) is 20.3 Å². The molecule has 1 aromatic rings. The fraction of sp³-hybridized carbons (Fsp3) is 0.462. The Labute approximate surface area is 110 Å². The normalized spacial score (nSPS) is 11.1. The fourth-order valence-corrected chi connectivity index (χ4v) is 1.60. The first-order chi connectivity index (χ1) is 8.99. The number of ether oxygens (including phenoxy) is 1. The second kappa shape index (κ2) is 7.00. The predicted molar refractivity (Wildman–Crippen MR) is 65.8 cm³/mol. The second-order valence-electron chi connectivity index (χ2n) is 4.00. The third-order valence-corrected chi connectivity index (χ3v) is 2.55. The number of alkyl halides is 3. The van der Waals surface area contributed by atoms with Crippen LogP contribution in [0.4, 0.5) is 18.9 Å². The lowest BCUT2D eigenvalue weighted by Gasteiger charge is -2.11. The minimum Gasteiger partial charge on any atom is -0.385 e. The Morgan fingerprint density at radius 1 is 1.32 bits per heavy atom. The van der Waals surface area contributed by atoms with E-state index in [2.05, 4.69) is 5.32 Å². The van der Waals surface area contributed by atoms with Gasteiger partial charge in [-0.05, 0) is 31.0 Å². The lowest BCUT2D eigenvalue weighted by molar-refractivity contribution is -0.137. The third kappa shape index (κ3) is 4.79. The SMILES string of the molecule is COCCCCNc1ccc(C(F)(F)F)c(C#N)c1. The summed E-state index contributed by atoms with van der Waals surface area (Å²) in [7, 11) is 1.61. The summed E-state index contributed by atoms with van der Waals surface area (Å²) in [6.07, 6.45) is -2.78. The average molecular weight is 272 g/mol. The van der Waals surface area contributed by atoms with Crippen LogP contribution in [0.5, 0.6) is 0 Å². The van der Waals surface area contributed by atoms with Crippen molar-refractivity contribution in [1.82, 2.24) is 0 Å². The minimum absolute atomic E-state index is 0.366. The molecular weight excluding hydrogens is 257 g/mol. The van der Waals surface area contributed by atoms with Gasteiger partial charge >= 0.3 is 6.18 Å². The van der Waals surface area contributed by atoms with E-state index in [1.165, 1.54) is 12.1 Å². The molecule has 3 nitrogen and oxygen atoms in total. The molecule has 0 aliphatic carbocycles. The van der Waals surface area contributed by atoms with E-state index in [0.717, 1.165) is 18.9 Å². The Morgan fingerprint density at radius 2 is 2.05 bits per heavy atom. The molecule has 0 aliphatic rings. The number of anilines is 1. The van der Waals surface area contributed by atoms with Crippen molar-refractivity contribution in [3.63, 3.8) is 0 Å². The van der Waals surface area contributed by atoms with Crippen molar-refractivity contribution in [1.29, 1.82) is 5.26 Å². The average Bonchev–Trinajstić information content (AvgIpc) is 2.37. The summed E-state index contributed by atoms with van der Waals surface area (Å²) >= 11 is 0. The molecule has 0 aromatic heterocycles. The summed E-state index contributed by atoms with van der Waals surface area (Å²) in [5, 5.41) is 11.7. The number of unbranched alkanes of at least 4 members (excludes halogenated alkanes) is 1. The van der Waals surface area contributed by atoms with Gasteiger partial charge in [0.25, 0.3) is 0 Å². The number of nitrogens with one attached hydrogen (secondary N) is 1. The maximum atomic E-state index is 12.6. The molecule has 1 rings (SSSR count). The summed E-state index contributed by atoms with van der Waals surface area (Å²) < 4.78 is 42.6. The van der Waals surface area contributed by atoms with Gasteiger partial charge in [0.05, 0.1) is 17.2 Å². The highest BCUT2D eigenvalue weighted by atomic mass is 19.4. The monoisotopic (exact) mass is 272 g/mol. The van der Waals surface area contributed by atoms with Gasteiger partial charge in [-0.2, -0.15) is 18.4 Å². The van der Waals surface area contributed by atoms with E-state index in [9.17, 15) is 13.2 Å². The zero-order valence-electron chi connectivity index (χ0n) is 10.5. The quantitative estimate of drug-likeness (QED) is 0.807. The van der Waals surface area contributed by atoms with E-state index >= 15 is 0 Å². The van der Waals surface area contributed by atoms with Crippen molar-refractivity contribution >= 4 is 5.69 Å². The number of nitriles is 1. The first kappa shape index (κ1) is 15.3. The van der Waals surface area contributed by atoms with Crippen LogP contribution < -0.4 is 5.32 Å². The van der Waals surface area contributed by atoms with Crippen LogP contribution >= 0.6 is 0 Å².